The van der Waals surface area contributed by atoms with E-state index in [0.29, 0.717) is 0 Å². The van der Waals surface area contributed by atoms with Gasteiger partial charge in [0.05, 0.1) is 6.33 Å². The van der Waals surface area contributed by atoms with Gasteiger partial charge in [-0.05, 0) is 42.0 Å². The van der Waals surface area contributed by atoms with Gasteiger partial charge in [-0.2, -0.15) is 0 Å². The molecule has 1 heterocycles. The summed E-state index contributed by atoms with van der Waals surface area (Å²) in [6.45, 7) is 2.31. The van der Waals surface area contributed by atoms with E-state index in [1.165, 1.54) is 12.5 Å². The predicted octanol–water partition coefficient (Wildman–Crippen LogP) is 4.58. The minimum absolute atomic E-state index is 0.000178. The molecule has 0 saturated carbocycles. The van der Waals surface area contributed by atoms with Crippen molar-refractivity contribution in [3.63, 3.8) is 0 Å². The smallest absolute Gasteiger partial charge is 0.221 e. The minimum atomic E-state index is -0.0929. The highest BCUT2D eigenvalue weighted by atomic mass is 35.5. The Kier molecular flexibility index (Phi) is 6.49. The van der Waals surface area contributed by atoms with Gasteiger partial charge < -0.3 is 14.6 Å². The molecule has 0 aliphatic carbocycles. The van der Waals surface area contributed by atoms with Gasteiger partial charge >= 0.3 is 0 Å². The Morgan fingerprint density at radius 1 is 1.19 bits per heavy atom. The number of nitrogens with zero attached hydrogens (tertiary/aromatic N) is 2. The largest absolute Gasteiger partial charge is 0.490 e. The third-order valence-corrected chi connectivity index (χ3v) is 4.37. The molecular formula is C21H22ClN3O2. The summed E-state index contributed by atoms with van der Waals surface area (Å²) in [5.74, 6) is 0.679. The molecule has 5 nitrogen and oxygen atoms in total. The summed E-state index contributed by atoms with van der Waals surface area (Å²) in [6, 6.07) is 15.3. The number of imidazole rings is 1. The lowest BCUT2D eigenvalue weighted by Crippen LogP contribution is -2.21. The van der Waals surface area contributed by atoms with Crippen molar-refractivity contribution in [1.82, 2.24) is 9.55 Å². The molecule has 0 spiro atoms. The first-order chi connectivity index (χ1) is 13.1. The van der Waals surface area contributed by atoms with Crippen molar-refractivity contribution in [2.45, 2.75) is 32.4 Å². The molecule has 27 heavy (non-hydrogen) atoms. The van der Waals surface area contributed by atoms with E-state index in [9.17, 15) is 4.79 Å². The van der Waals surface area contributed by atoms with Crippen molar-refractivity contribution in [3.05, 3.63) is 77.8 Å². The average molecular weight is 384 g/mol. The van der Waals surface area contributed by atoms with Crippen LogP contribution in [0.5, 0.6) is 5.75 Å². The summed E-state index contributed by atoms with van der Waals surface area (Å²) >= 11 is 5.99. The first-order valence-corrected chi connectivity index (χ1v) is 9.21. The second kappa shape index (κ2) is 9.24. The molecule has 2 aromatic carbocycles. The molecule has 3 rings (SSSR count). The molecular weight excluding hydrogens is 362 g/mol. The van der Waals surface area contributed by atoms with Crippen molar-refractivity contribution in [3.8, 4) is 5.75 Å². The molecule has 1 amide bonds. The number of amides is 1. The fourth-order valence-electron chi connectivity index (χ4n) is 2.81. The first-order valence-electron chi connectivity index (χ1n) is 8.83. The molecule has 0 fully saturated rings. The van der Waals surface area contributed by atoms with Gasteiger partial charge in [0.15, 0.2) is 0 Å². The van der Waals surface area contributed by atoms with Gasteiger partial charge in [0, 0.05) is 49.4 Å². The van der Waals surface area contributed by atoms with Gasteiger partial charge in [-0.1, -0.05) is 23.7 Å². The molecule has 140 valence electrons. The molecule has 0 aliphatic rings. The molecule has 1 aromatic heterocycles. The lowest BCUT2D eigenvalue weighted by atomic mass is 10.1. The van der Waals surface area contributed by atoms with Crippen LogP contribution in [0.3, 0.4) is 0 Å². The van der Waals surface area contributed by atoms with Gasteiger partial charge in [0.1, 0.15) is 11.9 Å². The zero-order valence-corrected chi connectivity index (χ0v) is 15.9. The van der Waals surface area contributed by atoms with Crippen molar-refractivity contribution in [2.75, 3.05) is 5.32 Å². The van der Waals surface area contributed by atoms with Crippen molar-refractivity contribution in [2.24, 2.45) is 0 Å². The lowest BCUT2D eigenvalue weighted by Gasteiger charge is -2.20. The Morgan fingerprint density at radius 3 is 2.56 bits per heavy atom. The van der Waals surface area contributed by atoms with Crippen LogP contribution < -0.4 is 10.1 Å². The number of rotatable bonds is 8. The Labute approximate surface area is 164 Å². The fourth-order valence-corrected chi connectivity index (χ4v) is 2.94. The number of carbonyl (C=O) groups is 1. The Balaban J connectivity index is 1.67. The maximum Gasteiger partial charge on any atom is 0.221 e. The second-order valence-electron chi connectivity index (χ2n) is 6.37. The van der Waals surface area contributed by atoms with Crippen LogP contribution in [0.1, 0.15) is 18.9 Å². The van der Waals surface area contributed by atoms with Crippen LogP contribution in [-0.4, -0.2) is 21.6 Å². The first kappa shape index (κ1) is 19.0. The van der Waals surface area contributed by atoms with E-state index in [0.717, 1.165) is 35.8 Å². The van der Waals surface area contributed by atoms with Crippen molar-refractivity contribution < 1.29 is 9.53 Å². The van der Waals surface area contributed by atoms with Gasteiger partial charge in [-0.3, -0.25) is 4.79 Å². The number of hydrogen-bond acceptors (Lipinski definition) is 3. The molecule has 3 aromatic rings. The van der Waals surface area contributed by atoms with Gasteiger partial charge in [0.2, 0.25) is 5.91 Å². The third kappa shape index (κ3) is 6.15. The molecule has 0 radical (unpaired) electrons. The monoisotopic (exact) mass is 383 g/mol. The van der Waals surface area contributed by atoms with Gasteiger partial charge in [-0.25, -0.2) is 4.98 Å². The Bertz CT molecular complexity index is 846. The number of ether oxygens (including phenoxy) is 1. The summed E-state index contributed by atoms with van der Waals surface area (Å²) in [5, 5.41) is 3.48. The second-order valence-corrected chi connectivity index (χ2v) is 6.80. The lowest BCUT2D eigenvalue weighted by molar-refractivity contribution is -0.114. The van der Waals surface area contributed by atoms with Crippen molar-refractivity contribution >= 4 is 23.2 Å². The Morgan fingerprint density at radius 2 is 1.93 bits per heavy atom. The van der Waals surface area contributed by atoms with Crippen LogP contribution in [0.2, 0.25) is 5.02 Å². The molecule has 6 heteroatoms. The number of hydrogen-bond donors (Lipinski definition) is 1. The molecule has 1 atom stereocenters. The Hall–Kier alpha value is -2.79. The number of aryl methyl sites for hydroxylation is 1. The SMILES string of the molecule is CC(=O)Nc1ccc(OC(CCn2ccnc2)Cc2ccc(Cl)cc2)cc1. The number of benzene rings is 2. The van der Waals surface area contributed by atoms with E-state index < -0.39 is 0 Å². The topological polar surface area (TPSA) is 56.1 Å². The van der Waals surface area contributed by atoms with E-state index in [1.54, 1.807) is 6.20 Å². The van der Waals surface area contributed by atoms with E-state index in [-0.39, 0.29) is 12.0 Å². The maximum atomic E-state index is 11.1. The number of nitrogens with one attached hydrogen (secondary N) is 1. The van der Waals surface area contributed by atoms with Crippen LogP contribution >= 0.6 is 11.6 Å². The summed E-state index contributed by atoms with van der Waals surface area (Å²) in [7, 11) is 0. The van der Waals surface area contributed by atoms with E-state index in [1.807, 2.05) is 65.6 Å². The summed E-state index contributed by atoms with van der Waals surface area (Å²) in [4.78, 5) is 15.2. The zero-order valence-electron chi connectivity index (χ0n) is 15.1. The maximum absolute atomic E-state index is 11.1. The van der Waals surface area contributed by atoms with Crippen LogP contribution in [0.25, 0.3) is 0 Å². The molecule has 1 N–H and O–H groups in total. The van der Waals surface area contributed by atoms with Gasteiger partial charge in [0.25, 0.3) is 0 Å². The number of carbonyl (C=O) groups excluding carboxylic acids is 1. The molecule has 0 aliphatic heterocycles. The normalized spacial score (nSPS) is 11.8. The molecule has 0 bridgehead atoms. The van der Waals surface area contributed by atoms with E-state index >= 15 is 0 Å². The van der Waals surface area contributed by atoms with Crippen molar-refractivity contribution in [1.29, 1.82) is 0 Å². The van der Waals surface area contributed by atoms with Crippen LogP contribution in [0, 0.1) is 0 Å². The van der Waals surface area contributed by atoms with E-state index in [2.05, 4.69) is 10.3 Å². The third-order valence-electron chi connectivity index (χ3n) is 4.12. The standard InChI is InChI=1S/C21H22ClN3O2/c1-16(26)24-19-6-8-20(9-7-19)27-21(10-12-25-13-11-23-15-25)14-17-2-4-18(22)5-3-17/h2-9,11,13,15,21H,10,12,14H2,1H3,(H,24,26). The van der Waals surface area contributed by atoms with Crippen LogP contribution in [-0.2, 0) is 17.8 Å². The number of anilines is 1. The number of halogens is 1. The highest BCUT2D eigenvalue weighted by molar-refractivity contribution is 6.30. The predicted molar refractivity (Wildman–Crippen MR) is 107 cm³/mol. The summed E-state index contributed by atoms with van der Waals surface area (Å²) in [5.41, 5.74) is 1.92. The quantitative estimate of drug-likeness (QED) is 0.619. The highest BCUT2D eigenvalue weighted by Gasteiger charge is 2.13. The van der Waals surface area contributed by atoms with Crippen LogP contribution in [0.4, 0.5) is 5.69 Å². The fraction of sp³-hybridized carbons (Fsp3) is 0.238. The zero-order chi connectivity index (χ0) is 19.1. The number of aromatic nitrogens is 2. The minimum Gasteiger partial charge on any atom is -0.490 e. The summed E-state index contributed by atoms with van der Waals surface area (Å²) in [6.07, 6.45) is 7.14. The van der Waals surface area contributed by atoms with E-state index in [4.69, 9.17) is 16.3 Å². The molecule has 1 unspecified atom stereocenters. The van der Waals surface area contributed by atoms with Crippen LogP contribution in [0.15, 0.2) is 67.3 Å². The molecule has 0 saturated heterocycles. The van der Waals surface area contributed by atoms with Gasteiger partial charge in [-0.15, -0.1) is 0 Å². The summed E-state index contributed by atoms with van der Waals surface area (Å²) < 4.78 is 8.27. The highest BCUT2D eigenvalue weighted by Crippen LogP contribution is 2.20. The average Bonchev–Trinajstić information content (AvgIpc) is 3.16.